The van der Waals surface area contributed by atoms with Crippen molar-refractivity contribution in [3.8, 4) is 0 Å². The van der Waals surface area contributed by atoms with Gasteiger partial charge in [0.15, 0.2) is 5.78 Å². The SMILES string of the molecule is CCC(=O)c1cc2cc(C)nn2c(=O)n1Cc1ccccc1. The Morgan fingerprint density at radius 1 is 1.18 bits per heavy atom. The van der Waals surface area contributed by atoms with Gasteiger partial charge in [-0.1, -0.05) is 37.3 Å². The maximum Gasteiger partial charge on any atom is 0.350 e. The monoisotopic (exact) mass is 295 g/mol. The van der Waals surface area contributed by atoms with Gasteiger partial charge < -0.3 is 0 Å². The summed E-state index contributed by atoms with van der Waals surface area (Å²) in [7, 11) is 0. The van der Waals surface area contributed by atoms with Gasteiger partial charge in [-0.05, 0) is 24.6 Å². The largest absolute Gasteiger partial charge is 0.350 e. The van der Waals surface area contributed by atoms with Crippen LogP contribution in [-0.2, 0) is 6.54 Å². The van der Waals surface area contributed by atoms with Crippen LogP contribution in [0.15, 0.2) is 47.3 Å². The molecule has 0 atom stereocenters. The van der Waals surface area contributed by atoms with E-state index in [4.69, 9.17) is 0 Å². The third kappa shape index (κ3) is 2.45. The van der Waals surface area contributed by atoms with Crippen LogP contribution in [0.1, 0.15) is 35.1 Å². The highest BCUT2D eigenvalue weighted by atomic mass is 16.2. The van der Waals surface area contributed by atoms with Crippen LogP contribution in [0.25, 0.3) is 5.52 Å². The van der Waals surface area contributed by atoms with Gasteiger partial charge in [0.2, 0.25) is 0 Å². The van der Waals surface area contributed by atoms with Crippen LogP contribution in [0, 0.1) is 6.92 Å². The van der Waals surface area contributed by atoms with Crippen molar-refractivity contribution in [3.63, 3.8) is 0 Å². The standard InChI is InChI=1S/C17H17N3O2/c1-3-16(21)15-10-14-9-12(2)18-20(14)17(22)19(15)11-13-7-5-4-6-8-13/h4-10H,3,11H2,1-2H3. The third-order valence-corrected chi connectivity index (χ3v) is 3.64. The molecular weight excluding hydrogens is 278 g/mol. The lowest BCUT2D eigenvalue weighted by atomic mass is 10.1. The van der Waals surface area contributed by atoms with Gasteiger partial charge in [-0.2, -0.15) is 9.61 Å². The Balaban J connectivity index is 2.23. The minimum atomic E-state index is -0.286. The van der Waals surface area contributed by atoms with E-state index < -0.39 is 0 Å². The molecule has 2 aromatic heterocycles. The molecule has 0 saturated heterocycles. The summed E-state index contributed by atoms with van der Waals surface area (Å²) < 4.78 is 2.85. The number of carbonyl (C=O) groups excluding carboxylic acids is 1. The zero-order valence-corrected chi connectivity index (χ0v) is 12.6. The Kier molecular flexibility index (Phi) is 3.63. The molecule has 0 N–H and O–H groups in total. The summed E-state index contributed by atoms with van der Waals surface area (Å²) in [5.41, 5.74) is 2.53. The third-order valence-electron chi connectivity index (χ3n) is 3.64. The second kappa shape index (κ2) is 5.60. The highest BCUT2D eigenvalue weighted by Crippen LogP contribution is 2.11. The molecule has 0 fully saturated rings. The number of nitrogens with zero attached hydrogens (tertiary/aromatic N) is 3. The zero-order chi connectivity index (χ0) is 15.7. The van der Waals surface area contributed by atoms with Crippen molar-refractivity contribution < 1.29 is 4.79 Å². The van der Waals surface area contributed by atoms with E-state index in [1.165, 1.54) is 9.08 Å². The molecule has 5 heteroatoms. The van der Waals surface area contributed by atoms with Crippen molar-refractivity contribution in [3.05, 3.63) is 69.9 Å². The Morgan fingerprint density at radius 2 is 1.91 bits per heavy atom. The molecule has 1 aromatic carbocycles. The fourth-order valence-corrected chi connectivity index (χ4v) is 2.54. The van der Waals surface area contributed by atoms with Crippen LogP contribution >= 0.6 is 0 Å². The quantitative estimate of drug-likeness (QED) is 0.695. The number of aryl methyl sites for hydroxylation is 1. The van der Waals surface area contributed by atoms with E-state index in [1.54, 1.807) is 19.1 Å². The van der Waals surface area contributed by atoms with Crippen LogP contribution in [0.2, 0.25) is 0 Å². The first-order chi connectivity index (χ1) is 10.6. The molecule has 0 aliphatic carbocycles. The number of benzene rings is 1. The van der Waals surface area contributed by atoms with E-state index in [0.29, 0.717) is 24.2 Å². The summed E-state index contributed by atoms with van der Waals surface area (Å²) in [4.78, 5) is 24.9. The number of Topliss-reactive ketones (excluding diaryl/α,β-unsaturated/α-hetero) is 1. The molecule has 5 nitrogen and oxygen atoms in total. The molecule has 22 heavy (non-hydrogen) atoms. The highest BCUT2D eigenvalue weighted by molar-refractivity contribution is 5.95. The first-order valence-electron chi connectivity index (χ1n) is 7.27. The summed E-state index contributed by atoms with van der Waals surface area (Å²) in [6.07, 6.45) is 0.359. The Hall–Kier alpha value is -2.69. The maximum atomic E-state index is 12.7. The van der Waals surface area contributed by atoms with Crippen LogP contribution in [0.4, 0.5) is 0 Å². The van der Waals surface area contributed by atoms with Gasteiger partial charge in [0.1, 0.15) is 0 Å². The second-order valence-electron chi connectivity index (χ2n) is 5.28. The summed E-state index contributed by atoms with van der Waals surface area (Å²) in [6, 6.07) is 13.2. The molecule has 0 aliphatic rings. The van der Waals surface area contributed by atoms with E-state index in [2.05, 4.69) is 5.10 Å². The van der Waals surface area contributed by atoms with E-state index in [9.17, 15) is 9.59 Å². The molecule has 0 unspecified atom stereocenters. The van der Waals surface area contributed by atoms with E-state index in [1.807, 2.05) is 37.3 Å². The average molecular weight is 295 g/mol. The van der Waals surface area contributed by atoms with Crippen molar-refractivity contribution in [1.82, 2.24) is 14.2 Å². The lowest BCUT2D eigenvalue weighted by Gasteiger charge is -2.12. The Labute approximate surface area is 127 Å². The summed E-state index contributed by atoms with van der Waals surface area (Å²) in [5, 5.41) is 4.21. The van der Waals surface area contributed by atoms with Gasteiger partial charge in [-0.25, -0.2) is 4.79 Å². The number of hydrogen-bond acceptors (Lipinski definition) is 3. The fourth-order valence-electron chi connectivity index (χ4n) is 2.54. The van der Waals surface area contributed by atoms with Gasteiger partial charge in [0, 0.05) is 6.42 Å². The Morgan fingerprint density at radius 3 is 2.59 bits per heavy atom. The normalized spacial score (nSPS) is 11.0. The lowest BCUT2D eigenvalue weighted by molar-refractivity contribution is 0.0978. The number of ketones is 1. The first kappa shape index (κ1) is 14.3. The van der Waals surface area contributed by atoms with Gasteiger partial charge in [-0.15, -0.1) is 0 Å². The summed E-state index contributed by atoms with van der Waals surface area (Å²) >= 11 is 0. The Bertz CT molecular complexity index is 891. The molecule has 0 saturated carbocycles. The first-order valence-corrected chi connectivity index (χ1v) is 7.27. The topological polar surface area (TPSA) is 56.4 Å². The van der Waals surface area contributed by atoms with E-state index in [-0.39, 0.29) is 11.5 Å². The molecule has 0 aliphatic heterocycles. The van der Waals surface area contributed by atoms with E-state index >= 15 is 0 Å². The molecule has 3 aromatic rings. The highest BCUT2D eigenvalue weighted by Gasteiger charge is 2.15. The predicted molar refractivity (Wildman–Crippen MR) is 84.4 cm³/mol. The fraction of sp³-hybridized carbons (Fsp3) is 0.235. The van der Waals surface area contributed by atoms with Gasteiger partial charge in [-0.3, -0.25) is 9.36 Å². The predicted octanol–water partition coefficient (Wildman–Crippen LogP) is 2.45. The van der Waals surface area contributed by atoms with Crippen molar-refractivity contribution in [1.29, 1.82) is 0 Å². The zero-order valence-electron chi connectivity index (χ0n) is 12.6. The number of aromatic nitrogens is 3. The molecule has 0 radical (unpaired) electrons. The molecular formula is C17H17N3O2. The van der Waals surface area contributed by atoms with Crippen molar-refractivity contribution >= 4 is 11.3 Å². The smallest absolute Gasteiger partial charge is 0.293 e. The van der Waals surface area contributed by atoms with E-state index in [0.717, 1.165) is 11.3 Å². The van der Waals surface area contributed by atoms with Crippen molar-refractivity contribution in [2.45, 2.75) is 26.8 Å². The van der Waals surface area contributed by atoms with Crippen LogP contribution in [-0.4, -0.2) is 20.0 Å². The number of hydrogen-bond donors (Lipinski definition) is 0. The van der Waals surface area contributed by atoms with Gasteiger partial charge in [0.05, 0.1) is 23.4 Å². The van der Waals surface area contributed by atoms with Gasteiger partial charge in [0.25, 0.3) is 0 Å². The molecule has 112 valence electrons. The lowest BCUT2D eigenvalue weighted by Crippen LogP contribution is -2.31. The van der Waals surface area contributed by atoms with Crippen LogP contribution in [0.3, 0.4) is 0 Å². The number of carbonyl (C=O) groups is 1. The average Bonchev–Trinajstić information content (AvgIpc) is 2.91. The van der Waals surface area contributed by atoms with Crippen molar-refractivity contribution in [2.24, 2.45) is 0 Å². The minimum Gasteiger partial charge on any atom is -0.293 e. The second-order valence-corrected chi connectivity index (χ2v) is 5.28. The summed E-state index contributed by atoms with van der Waals surface area (Å²) in [5.74, 6) is -0.0469. The maximum absolute atomic E-state index is 12.7. The number of fused-ring (bicyclic) bond motifs is 1. The molecule has 2 heterocycles. The molecule has 3 rings (SSSR count). The van der Waals surface area contributed by atoms with Crippen LogP contribution < -0.4 is 5.69 Å². The molecule has 0 spiro atoms. The van der Waals surface area contributed by atoms with Crippen LogP contribution in [0.5, 0.6) is 0 Å². The van der Waals surface area contributed by atoms with Gasteiger partial charge >= 0.3 is 5.69 Å². The number of rotatable bonds is 4. The van der Waals surface area contributed by atoms with Crippen molar-refractivity contribution in [2.75, 3.05) is 0 Å². The molecule has 0 amide bonds. The molecule has 0 bridgehead atoms. The minimum absolute atomic E-state index is 0.0469. The summed E-state index contributed by atoms with van der Waals surface area (Å²) in [6.45, 7) is 3.98.